The highest BCUT2D eigenvalue weighted by molar-refractivity contribution is 7.16. The van der Waals surface area contributed by atoms with Gasteiger partial charge in [-0.15, -0.1) is 11.3 Å². The smallest absolute Gasteiger partial charge is 0.224 e. The molecular weight excluding hydrogens is 310 g/mol. The van der Waals surface area contributed by atoms with Gasteiger partial charge >= 0.3 is 0 Å². The summed E-state index contributed by atoms with van der Waals surface area (Å²) in [6, 6.07) is 2.46. The van der Waals surface area contributed by atoms with E-state index in [1.54, 1.807) is 17.7 Å². The Hall–Kier alpha value is -1.73. The number of aromatic nitrogens is 2. The Morgan fingerprint density at radius 3 is 2.96 bits per heavy atom. The number of nitrogens with one attached hydrogen (secondary N) is 1. The fraction of sp³-hybridized carbons (Fsp3) is 0.562. The highest BCUT2D eigenvalue weighted by atomic mass is 32.1. The van der Waals surface area contributed by atoms with Crippen LogP contribution in [0.4, 0.5) is 5.82 Å². The zero-order valence-corrected chi connectivity index (χ0v) is 13.9. The van der Waals surface area contributed by atoms with Crippen molar-refractivity contribution in [2.45, 2.75) is 25.3 Å². The molecule has 6 nitrogen and oxygen atoms in total. The molecule has 0 radical (unpaired) electrons. The van der Waals surface area contributed by atoms with Crippen LogP contribution in [0.1, 0.15) is 19.3 Å². The first-order valence-corrected chi connectivity index (χ1v) is 9.13. The predicted molar refractivity (Wildman–Crippen MR) is 91.8 cm³/mol. The fourth-order valence-corrected chi connectivity index (χ4v) is 4.19. The zero-order valence-electron chi connectivity index (χ0n) is 13.1. The third kappa shape index (κ3) is 3.03. The largest absolute Gasteiger partial charge is 0.352 e. The summed E-state index contributed by atoms with van der Waals surface area (Å²) in [6.45, 7) is 4.29. The van der Waals surface area contributed by atoms with Crippen LogP contribution < -0.4 is 10.2 Å². The van der Waals surface area contributed by atoms with E-state index in [0.717, 1.165) is 55.2 Å². The predicted octanol–water partition coefficient (Wildman–Crippen LogP) is 1.48. The molecule has 2 aromatic rings. The van der Waals surface area contributed by atoms with Gasteiger partial charge in [0.25, 0.3) is 0 Å². The lowest BCUT2D eigenvalue weighted by molar-refractivity contribution is -0.131. The highest BCUT2D eigenvalue weighted by Gasteiger charge is 2.26. The summed E-state index contributed by atoms with van der Waals surface area (Å²) in [5.41, 5.74) is 0. The van der Waals surface area contributed by atoms with Crippen molar-refractivity contribution in [3.05, 3.63) is 17.8 Å². The van der Waals surface area contributed by atoms with Gasteiger partial charge in [-0.2, -0.15) is 0 Å². The Labute approximate surface area is 139 Å². The molecule has 0 spiro atoms. The molecule has 4 rings (SSSR count). The third-order valence-corrected chi connectivity index (χ3v) is 5.58. The molecule has 122 valence electrons. The van der Waals surface area contributed by atoms with Crippen LogP contribution in [-0.2, 0) is 4.79 Å². The number of piperazine rings is 1. The fourth-order valence-electron chi connectivity index (χ4n) is 3.47. The number of nitrogens with zero attached hydrogens (tertiary/aromatic N) is 4. The van der Waals surface area contributed by atoms with Crippen LogP contribution >= 0.6 is 11.3 Å². The van der Waals surface area contributed by atoms with E-state index in [4.69, 9.17) is 0 Å². The SMILES string of the molecule is O=C(CC1CCCN1)N1CCN(c2ncnc3sccc23)CC1. The molecule has 0 aromatic carbocycles. The van der Waals surface area contributed by atoms with Crippen molar-refractivity contribution in [3.63, 3.8) is 0 Å². The molecule has 2 aliphatic heterocycles. The summed E-state index contributed by atoms with van der Waals surface area (Å²) in [6.07, 6.45) is 4.60. The molecule has 2 aromatic heterocycles. The summed E-state index contributed by atoms with van der Waals surface area (Å²) in [4.78, 5) is 26.5. The first-order chi connectivity index (χ1) is 11.3. The van der Waals surface area contributed by atoms with Crippen LogP contribution in [0.15, 0.2) is 17.8 Å². The minimum atomic E-state index is 0.285. The molecule has 0 aliphatic carbocycles. The molecule has 2 saturated heterocycles. The van der Waals surface area contributed by atoms with Gasteiger partial charge in [-0.3, -0.25) is 4.79 Å². The van der Waals surface area contributed by atoms with E-state index in [-0.39, 0.29) is 5.91 Å². The lowest BCUT2D eigenvalue weighted by Gasteiger charge is -2.36. The van der Waals surface area contributed by atoms with E-state index in [2.05, 4.69) is 31.6 Å². The molecule has 1 unspecified atom stereocenters. The lowest BCUT2D eigenvalue weighted by atomic mass is 10.1. The molecule has 23 heavy (non-hydrogen) atoms. The first-order valence-electron chi connectivity index (χ1n) is 8.25. The first kappa shape index (κ1) is 14.8. The van der Waals surface area contributed by atoms with Crippen LogP contribution in [0.25, 0.3) is 10.2 Å². The van der Waals surface area contributed by atoms with Gasteiger partial charge in [-0.1, -0.05) is 0 Å². The van der Waals surface area contributed by atoms with E-state index in [1.807, 2.05) is 4.90 Å². The Bertz CT molecular complexity index is 689. The molecule has 1 amide bonds. The lowest BCUT2D eigenvalue weighted by Crippen LogP contribution is -2.50. The Morgan fingerprint density at radius 2 is 2.17 bits per heavy atom. The van der Waals surface area contributed by atoms with Crippen LogP contribution in [0.5, 0.6) is 0 Å². The average molecular weight is 331 g/mol. The minimum absolute atomic E-state index is 0.285. The van der Waals surface area contributed by atoms with Gasteiger partial charge in [0, 0.05) is 38.6 Å². The quantitative estimate of drug-likeness (QED) is 0.923. The minimum Gasteiger partial charge on any atom is -0.352 e. The summed E-state index contributed by atoms with van der Waals surface area (Å²) < 4.78 is 0. The standard InChI is InChI=1S/C16H21N5OS/c22-14(10-12-2-1-4-17-12)20-5-7-21(8-6-20)15-13-3-9-23-16(13)19-11-18-15/h3,9,11-12,17H,1-2,4-8,10H2. The number of hydrogen-bond acceptors (Lipinski definition) is 6. The monoisotopic (exact) mass is 331 g/mol. The summed E-state index contributed by atoms with van der Waals surface area (Å²) in [5, 5.41) is 6.58. The van der Waals surface area contributed by atoms with Crippen molar-refractivity contribution in [1.82, 2.24) is 20.2 Å². The average Bonchev–Trinajstić information content (AvgIpc) is 3.25. The Kier molecular flexibility index (Phi) is 4.13. The molecule has 1 N–H and O–H groups in total. The molecule has 0 bridgehead atoms. The maximum atomic E-state index is 12.4. The van der Waals surface area contributed by atoms with Crippen molar-refractivity contribution in [1.29, 1.82) is 0 Å². The number of anilines is 1. The zero-order chi connectivity index (χ0) is 15.6. The number of carbonyl (C=O) groups is 1. The maximum absolute atomic E-state index is 12.4. The maximum Gasteiger partial charge on any atom is 0.224 e. The summed E-state index contributed by atoms with van der Waals surface area (Å²) >= 11 is 1.64. The van der Waals surface area contributed by atoms with Crippen LogP contribution in [-0.4, -0.2) is 59.5 Å². The van der Waals surface area contributed by atoms with Gasteiger partial charge < -0.3 is 15.1 Å². The highest BCUT2D eigenvalue weighted by Crippen LogP contribution is 2.27. The molecule has 4 heterocycles. The second kappa shape index (κ2) is 6.41. The van der Waals surface area contributed by atoms with Crippen molar-refractivity contribution >= 4 is 33.3 Å². The number of rotatable bonds is 3. The van der Waals surface area contributed by atoms with Gasteiger partial charge in [0.2, 0.25) is 5.91 Å². The van der Waals surface area contributed by atoms with Gasteiger partial charge in [-0.25, -0.2) is 9.97 Å². The number of thiophene rings is 1. The van der Waals surface area contributed by atoms with Crippen LogP contribution in [0, 0.1) is 0 Å². The van der Waals surface area contributed by atoms with Crippen molar-refractivity contribution in [2.24, 2.45) is 0 Å². The molecular formula is C16H21N5OS. The summed E-state index contributed by atoms with van der Waals surface area (Å²) in [5.74, 6) is 1.29. The van der Waals surface area contributed by atoms with E-state index >= 15 is 0 Å². The van der Waals surface area contributed by atoms with Gasteiger partial charge in [0.1, 0.15) is 17.0 Å². The molecule has 1 atom stereocenters. The van der Waals surface area contributed by atoms with E-state index < -0.39 is 0 Å². The summed E-state index contributed by atoms with van der Waals surface area (Å²) in [7, 11) is 0. The third-order valence-electron chi connectivity index (χ3n) is 4.76. The normalized spacial score (nSPS) is 22.0. The van der Waals surface area contributed by atoms with Crippen molar-refractivity contribution in [3.8, 4) is 0 Å². The van der Waals surface area contributed by atoms with Crippen molar-refractivity contribution < 1.29 is 4.79 Å². The van der Waals surface area contributed by atoms with Gasteiger partial charge in [0.05, 0.1) is 5.39 Å². The van der Waals surface area contributed by atoms with E-state index in [1.165, 1.54) is 6.42 Å². The number of amides is 1. The number of hydrogen-bond donors (Lipinski definition) is 1. The van der Waals surface area contributed by atoms with Crippen LogP contribution in [0.3, 0.4) is 0 Å². The van der Waals surface area contributed by atoms with Gasteiger partial charge in [-0.05, 0) is 30.8 Å². The van der Waals surface area contributed by atoms with Gasteiger partial charge in [0.15, 0.2) is 0 Å². The molecule has 0 saturated carbocycles. The number of carbonyl (C=O) groups excluding carboxylic acids is 1. The molecule has 7 heteroatoms. The van der Waals surface area contributed by atoms with Crippen LogP contribution in [0.2, 0.25) is 0 Å². The number of fused-ring (bicyclic) bond motifs is 1. The van der Waals surface area contributed by atoms with E-state index in [0.29, 0.717) is 12.5 Å². The topological polar surface area (TPSA) is 61.4 Å². The second-order valence-corrected chi connectivity index (χ2v) is 7.10. The molecule has 2 aliphatic rings. The molecule has 2 fully saturated rings. The van der Waals surface area contributed by atoms with E-state index in [9.17, 15) is 4.79 Å². The Balaban J connectivity index is 1.39. The Morgan fingerprint density at radius 1 is 1.30 bits per heavy atom. The van der Waals surface area contributed by atoms with Crippen molar-refractivity contribution in [2.75, 3.05) is 37.6 Å². The second-order valence-electron chi connectivity index (χ2n) is 6.20.